The van der Waals surface area contributed by atoms with E-state index in [1.54, 1.807) is 0 Å². The fourth-order valence-electron chi connectivity index (χ4n) is 7.11. The summed E-state index contributed by atoms with van der Waals surface area (Å²) >= 11 is 0. The molecule has 0 aliphatic heterocycles. The van der Waals surface area contributed by atoms with E-state index >= 15 is 0 Å². The molecule has 0 bridgehead atoms. The smallest absolute Gasteiger partial charge is 0.306 e. The third-order valence-corrected chi connectivity index (χ3v) is 10.8. The lowest BCUT2D eigenvalue weighted by atomic mass is 10.1. The monoisotopic (exact) mass is 813 g/mol. The Morgan fingerprint density at radius 2 is 0.776 bits per heavy atom. The highest BCUT2D eigenvalue weighted by Gasteiger charge is 2.17. The molecule has 0 aromatic heterocycles. The van der Waals surface area contributed by atoms with E-state index in [1.807, 2.05) is 0 Å². The fraction of sp³-hybridized carbons (Fsp3) is 0.811. The second-order valence-corrected chi connectivity index (χ2v) is 16.7. The summed E-state index contributed by atoms with van der Waals surface area (Å²) in [7, 11) is 0. The highest BCUT2D eigenvalue weighted by atomic mass is 16.6. The number of allylic oxidation sites excluding steroid dienone is 8. The van der Waals surface area contributed by atoms with Gasteiger partial charge in [0, 0.05) is 19.4 Å². The Morgan fingerprint density at radius 3 is 1.26 bits per heavy atom. The maximum Gasteiger partial charge on any atom is 0.306 e. The number of hydrogen-bond acceptors (Lipinski definition) is 5. The number of rotatable bonds is 46. The quantitative estimate of drug-likeness (QED) is 0.0348. The summed E-state index contributed by atoms with van der Waals surface area (Å²) in [5.74, 6) is -0.417. The molecule has 0 aromatic rings. The molecule has 0 aromatic carbocycles. The van der Waals surface area contributed by atoms with Gasteiger partial charge in [0.15, 0.2) is 6.10 Å². The van der Waals surface area contributed by atoms with Crippen LogP contribution in [0.5, 0.6) is 0 Å². The Hall–Kier alpha value is -2.14. The number of ether oxygens (including phenoxy) is 3. The van der Waals surface area contributed by atoms with E-state index in [-0.39, 0.29) is 25.2 Å². The lowest BCUT2D eigenvalue weighted by Gasteiger charge is -2.18. The van der Waals surface area contributed by atoms with Gasteiger partial charge in [0.1, 0.15) is 6.61 Å². The van der Waals surface area contributed by atoms with Gasteiger partial charge in [-0.05, 0) is 77.0 Å². The average molecular weight is 813 g/mol. The van der Waals surface area contributed by atoms with Gasteiger partial charge in [-0.3, -0.25) is 9.59 Å². The first-order valence-corrected chi connectivity index (χ1v) is 25.2. The third kappa shape index (κ3) is 46.5. The van der Waals surface area contributed by atoms with Gasteiger partial charge in [0.25, 0.3) is 0 Å². The van der Waals surface area contributed by atoms with Crippen LogP contribution in [0.2, 0.25) is 0 Å². The first-order chi connectivity index (χ1) is 28.6. The molecule has 1 unspecified atom stereocenters. The molecule has 0 N–H and O–H groups in total. The lowest BCUT2D eigenvalue weighted by molar-refractivity contribution is -0.163. The maximum absolute atomic E-state index is 12.8. The van der Waals surface area contributed by atoms with Crippen LogP contribution in [0.3, 0.4) is 0 Å². The fourth-order valence-corrected chi connectivity index (χ4v) is 7.11. The van der Waals surface area contributed by atoms with Crippen LogP contribution in [0.15, 0.2) is 48.6 Å². The van der Waals surface area contributed by atoms with Gasteiger partial charge in [0.2, 0.25) is 0 Å². The molecule has 5 nitrogen and oxygen atoms in total. The standard InChI is InChI=1S/C53H96O5/c1-4-7-10-13-16-19-22-25-27-29-31-34-37-40-43-46-52(54)57-50-51(49-56-48-45-42-39-36-33-24-21-18-15-12-9-6-3)58-53(55)47-44-41-38-35-32-30-28-26-23-20-17-14-11-8-5-2/h7,10,16,19,25-28,51H,4-6,8-9,11-15,17-18,20-24,29-50H2,1-3H3/b10-7-,19-16-,27-25-,28-26-. The summed E-state index contributed by atoms with van der Waals surface area (Å²) < 4.78 is 17.4. The van der Waals surface area contributed by atoms with Crippen LogP contribution in [-0.4, -0.2) is 37.9 Å². The average Bonchev–Trinajstić information content (AvgIpc) is 3.22. The summed E-state index contributed by atoms with van der Waals surface area (Å²) in [4.78, 5) is 25.3. The third-order valence-electron chi connectivity index (χ3n) is 10.8. The van der Waals surface area contributed by atoms with Crippen molar-refractivity contribution in [3.63, 3.8) is 0 Å². The van der Waals surface area contributed by atoms with Gasteiger partial charge in [0.05, 0.1) is 6.61 Å². The highest BCUT2D eigenvalue weighted by molar-refractivity contribution is 5.70. The molecule has 58 heavy (non-hydrogen) atoms. The van der Waals surface area contributed by atoms with Crippen LogP contribution in [-0.2, 0) is 23.8 Å². The van der Waals surface area contributed by atoms with Gasteiger partial charge < -0.3 is 14.2 Å². The van der Waals surface area contributed by atoms with Crippen LogP contribution >= 0.6 is 0 Å². The molecule has 0 saturated heterocycles. The molecule has 1 atom stereocenters. The van der Waals surface area contributed by atoms with E-state index in [0.29, 0.717) is 19.4 Å². The Labute approximate surface area is 361 Å². The van der Waals surface area contributed by atoms with Gasteiger partial charge in [-0.1, -0.05) is 211 Å². The Kier molecular flexibility index (Phi) is 47.4. The zero-order chi connectivity index (χ0) is 42.1. The van der Waals surface area contributed by atoms with Crippen LogP contribution in [0, 0.1) is 0 Å². The van der Waals surface area contributed by atoms with E-state index in [9.17, 15) is 9.59 Å². The minimum Gasteiger partial charge on any atom is -0.462 e. The number of unbranched alkanes of at least 4 members (excludes halogenated alkanes) is 27. The molecular weight excluding hydrogens is 717 g/mol. The van der Waals surface area contributed by atoms with Crippen molar-refractivity contribution in [2.45, 2.75) is 258 Å². The van der Waals surface area contributed by atoms with Crippen molar-refractivity contribution in [3.8, 4) is 0 Å². The molecule has 0 aliphatic carbocycles. The molecule has 0 amide bonds. The highest BCUT2D eigenvalue weighted by Crippen LogP contribution is 2.14. The summed E-state index contributed by atoms with van der Waals surface area (Å²) in [6.45, 7) is 7.71. The van der Waals surface area contributed by atoms with Crippen molar-refractivity contribution in [3.05, 3.63) is 48.6 Å². The minimum atomic E-state index is -0.543. The van der Waals surface area contributed by atoms with Crippen LogP contribution < -0.4 is 0 Å². The topological polar surface area (TPSA) is 61.8 Å². The number of hydrogen-bond donors (Lipinski definition) is 0. The summed E-state index contributed by atoms with van der Waals surface area (Å²) in [5, 5.41) is 0. The molecule has 5 heteroatoms. The number of esters is 2. The van der Waals surface area contributed by atoms with Crippen molar-refractivity contribution in [1.82, 2.24) is 0 Å². The zero-order valence-corrected chi connectivity index (χ0v) is 38.8. The second-order valence-electron chi connectivity index (χ2n) is 16.7. The largest absolute Gasteiger partial charge is 0.462 e. The van der Waals surface area contributed by atoms with E-state index in [4.69, 9.17) is 14.2 Å². The van der Waals surface area contributed by atoms with E-state index in [2.05, 4.69) is 69.4 Å². The molecule has 0 saturated carbocycles. The summed E-state index contributed by atoms with van der Waals surface area (Å²) in [5.41, 5.74) is 0. The van der Waals surface area contributed by atoms with Crippen molar-refractivity contribution in [2.24, 2.45) is 0 Å². The molecule has 0 radical (unpaired) electrons. The first-order valence-electron chi connectivity index (χ1n) is 25.2. The molecule has 0 fully saturated rings. The van der Waals surface area contributed by atoms with Crippen molar-refractivity contribution < 1.29 is 23.8 Å². The SMILES string of the molecule is CC/C=C\C/C=C\C/C=C\CCCCCCCC(=O)OCC(COCCCCCCCCCCCCCC)OC(=O)CCCCCCC/C=C\CCCCCCCC. The molecule has 0 rings (SSSR count). The Morgan fingerprint density at radius 1 is 0.397 bits per heavy atom. The van der Waals surface area contributed by atoms with Crippen molar-refractivity contribution >= 4 is 11.9 Å². The number of carbonyl (C=O) groups is 2. The molecule has 338 valence electrons. The van der Waals surface area contributed by atoms with Crippen molar-refractivity contribution in [2.75, 3.05) is 19.8 Å². The van der Waals surface area contributed by atoms with Crippen LogP contribution in [0.25, 0.3) is 0 Å². The van der Waals surface area contributed by atoms with Gasteiger partial charge in [-0.2, -0.15) is 0 Å². The maximum atomic E-state index is 12.8. The van der Waals surface area contributed by atoms with Gasteiger partial charge >= 0.3 is 11.9 Å². The number of carbonyl (C=O) groups excluding carboxylic acids is 2. The first kappa shape index (κ1) is 55.9. The van der Waals surface area contributed by atoms with Crippen molar-refractivity contribution in [1.29, 1.82) is 0 Å². The summed E-state index contributed by atoms with van der Waals surface area (Å²) in [6, 6.07) is 0. The predicted molar refractivity (Wildman–Crippen MR) is 251 cm³/mol. The normalized spacial score (nSPS) is 12.5. The zero-order valence-electron chi connectivity index (χ0n) is 38.8. The van der Waals surface area contributed by atoms with Crippen LogP contribution in [0.4, 0.5) is 0 Å². The molecular formula is C53H96O5. The molecule has 0 aliphatic rings. The van der Waals surface area contributed by atoms with Gasteiger partial charge in [-0.15, -0.1) is 0 Å². The van der Waals surface area contributed by atoms with E-state index in [1.165, 1.54) is 135 Å². The molecule has 0 heterocycles. The minimum absolute atomic E-state index is 0.0758. The Bertz CT molecular complexity index is 966. The summed E-state index contributed by atoms with van der Waals surface area (Å²) in [6.07, 6.45) is 59.7. The van der Waals surface area contributed by atoms with Gasteiger partial charge in [-0.25, -0.2) is 0 Å². The van der Waals surface area contributed by atoms with E-state index < -0.39 is 6.10 Å². The lowest BCUT2D eigenvalue weighted by Crippen LogP contribution is -2.30. The predicted octanol–water partition coefficient (Wildman–Crippen LogP) is 16.8. The molecule has 0 spiro atoms. The van der Waals surface area contributed by atoms with Crippen LogP contribution in [0.1, 0.15) is 252 Å². The van der Waals surface area contributed by atoms with E-state index in [0.717, 1.165) is 83.5 Å². The second kappa shape index (κ2) is 49.2. The Balaban J connectivity index is 4.28.